The summed E-state index contributed by atoms with van der Waals surface area (Å²) in [5.74, 6) is 0.899. The molecule has 19 heavy (non-hydrogen) atoms. The molecule has 0 bridgehead atoms. The molecular weight excluding hydrogens is 236 g/mol. The fourth-order valence-electron chi connectivity index (χ4n) is 1.86. The van der Waals surface area contributed by atoms with E-state index in [0.717, 1.165) is 36.3 Å². The Bertz CT molecular complexity index is 482. The number of pyridine rings is 1. The van der Waals surface area contributed by atoms with E-state index in [1.54, 1.807) is 12.4 Å². The van der Waals surface area contributed by atoms with Crippen LogP contribution in [0, 0.1) is 0 Å². The van der Waals surface area contributed by atoms with E-state index in [1.807, 2.05) is 36.4 Å². The van der Waals surface area contributed by atoms with Crippen molar-refractivity contribution >= 4 is 0 Å². The number of hydrogen-bond donors (Lipinski definition) is 1. The third-order valence-electron chi connectivity index (χ3n) is 3.05. The summed E-state index contributed by atoms with van der Waals surface area (Å²) < 4.78 is 5.63. The fourth-order valence-corrected chi connectivity index (χ4v) is 1.86. The number of nitrogens with two attached hydrogens (primary N) is 1. The summed E-state index contributed by atoms with van der Waals surface area (Å²) in [7, 11) is 0. The highest BCUT2D eigenvalue weighted by molar-refractivity contribution is 5.34. The first kappa shape index (κ1) is 13.6. The second kappa shape index (κ2) is 6.90. The van der Waals surface area contributed by atoms with Crippen LogP contribution in [-0.4, -0.2) is 11.6 Å². The standard InChI is InChI=1S/C16H20N2O/c1-2-3-11-19-15-8-6-13(7-9-15)16(17)14-5-4-10-18-12-14/h4-10,12,16H,2-3,11,17H2,1H3. The molecule has 0 aliphatic heterocycles. The summed E-state index contributed by atoms with van der Waals surface area (Å²) in [4.78, 5) is 4.09. The second-order valence-electron chi connectivity index (χ2n) is 4.54. The number of hydrogen-bond acceptors (Lipinski definition) is 3. The average molecular weight is 256 g/mol. The van der Waals surface area contributed by atoms with Crippen molar-refractivity contribution in [2.45, 2.75) is 25.8 Å². The number of rotatable bonds is 6. The minimum Gasteiger partial charge on any atom is -0.494 e. The Kier molecular flexibility index (Phi) is 4.93. The van der Waals surface area contributed by atoms with Crippen LogP contribution in [0.2, 0.25) is 0 Å². The lowest BCUT2D eigenvalue weighted by atomic mass is 10.0. The monoisotopic (exact) mass is 256 g/mol. The Labute approximate surface area is 114 Å². The molecule has 1 atom stereocenters. The maximum Gasteiger partial charge on any atom is 0.119 e. The molecule has 3 heteroatoms. The number of unbranched alkanes of at least 4 members (excludes halogenated alkanes) is 1. The molecule has 0 saturated heterocycles. The normalized spacial score (nSPS) is 12.1. The zero-order valence-electron chi connectivity index (χ0n) is 11.3. The maximum atomic E-state index is 6.21. The van der Waals surface area contributed by atoms with Crippen molar-refractivity contribution in [3.8, 4) is 5.75 Å². The lowest BCUT2D eigenvalue weighted by molar-refractivity contribution is 0.309. The van der Waals surface area contributed by atoms with Crippen molar-refractivity contribution in [1.82, 2.24) is 4.98 Å². The molecule has 2 aromatic rings. The number of nitrogens with zero attached hydrogens (tertiary/aromatic N) is 1. The summed E-state index contributed by atoms with van der Waals surface area (Å²) in [6, 6.07) is 11.7. The molecule has 2 N–H and O–H groups in total. The summed E-state index contributed by atoms with van der Waals surface area (Å²) in [5, 5.41) is 0. The van der Waals surface area contributed by atoms with Crippen molar-refractivity contribution < 1.29 is 4.74 Å². The van der Waals surface area contributed by atoms with E-state index < -0.39 is 0 Å². The molecule has 1 heterocycles. The molecule has 1 aromatic heterocycles. The molecular formula is C16H20N2O. The van der Waals surface area contributed by atoms with Crippen LogP contribution in [0.25, 0.3) is 0 Å². The molecule has 0 aliphatic carbocycles. The van der Waals surface area contributed by atoms with Gasteiger partial charge in [-0.15, -0.1) is 0 Å². The van der Waals surface area contributed by atoms with Crippen molar-refractivity contribution in [2.75, 3.05) is 6.61 Å². The molecule has 0 spiro atoms. The summed E-state index contributed by atoms with van der Waals surface area (Å²) in [5.41, 5.74) is 8.29. The third kappa shape index (κ3) is 3.80. The molecule has 0 radical (unpaired) electrons. The molecule has 0 aliphatic rings. The Morgan fingerprint density at radius 3 is 2.58 bits per heavy atom. The van der Waals surface area contributed by atoms with Gasteiger partial charge in [0, 0.05) is 12.4 Å². The van der Waals surface area contributed by atoms with Gasteiger partial charge < -0.3 is 10.5 Å². The fraction of sp³-hybridized carbons (Fsp3) is 0.312. The average Bonchev–Trinajstić information content (AvgIpc) is 2.48. The predicted molar refractivity (Wildman–Crippen MR) is 77.1 cm³/mol. The Morgan fingerprint density at radius 2 is 1.95 bits per heavy atom. The molecule has 1 aromatic carbocycles. The van der Waals surface area contributed by atoms with Crippen LogP contribution in [0.3, 0.4) is 0 Å². The van der Waals surface area contributed by atoms with Gasteiger partial charge in [-0.3, -0.25) is 4.98 Å². The summed E-state index contributed by atoms with van der Waals surface area (Å²) in [6.45, 7) is 2.92. The highest BCUT2D eigenvalue weighted by atomic mass is 16.5. The Morgan fingerprint density at radius 1 is 1.16 bits per heavy atom. The van der Waals surface area contributed by atoms with E-state index in [0.29, 0.717) is 0 Å². The second-order valence-corrected chi connectivity index (χ2v) is 4.54. The van der Waals surface area contributed by atoms with Gasteiger partial charge >= 0.3 is 0 Å². The first-order valence-electron chi connectivity index (χ1n) is 6.69. The van der Waals surface area contributed by atoms with Gasteiger partial charge in [0.25, 0.3) is 0 Å². The van der Waals surface area contributed by atoms with Crippen LogP contribution in [0.1, 0.15) is 36.9 Å². The zero-order valence-corrected chi connectivity index (χ0v) is 11.3. The number of aromatic nitrogens is 1. The lowest BCUT2D eigenvalue weighted by Crippen LogP contribution is -2.11. The van der Waals surface area contributed by atoms with Crippen LogP contribution in [0.15, 0.2) is 48.8 Å². The molecule has 100 valence electrons. The van der Waals surface area contributed by atoms with Gasteiger partial charge in [-0.25, -0.2) is 0 Å². The lowest BCUT2D eigenvalue weighted by Gasteiger charge is -2.13. The number of benzene rings is 1. The largest absolute Gasteiger partial charge is 0.494 e. The minimum absolute atomic E-state index is 0.140. The number of ether oxygens (including phenoxy) is 1. The first-order chi connectivity index (χ1) is 9.31. The van der Waals surface area contributed by atoms with Crippen LogP contribution in [0.4, 0.5) is 0 Å². The molecule has 3 nitrogen and oxygen atoms in total. The van der Waals surface area contributed by atoms with Gasteiger partial charge in [-0.2, -0.15) is 0 Å². The quantitative estimate of drug-likeness (QED) is 0.807. The van der Waals surface area contributed by atoms with Crippen molar-refractivity contribution in [1.29, 1.82) is 0 Å². The van der Waals surface area contributed by atoms with E-state index in [9.17, 15) is 0 Å². The van der Waals surface area contributed by atoms with E-state index in [1.165, 1.54) is 0 Å². The summed E-state index contributed by atoms with van der Waals surface area (Å²) in [6.07, 6.45) is 5.78. The Balaban J connectivity index is 2.02. The van der Waals surface area contributed by atoms with E-state index in [-0.39, 0.29) is 6.04 Å². The summed E-state index contributed by atoms with van der Waals surface area (Å²) >= 11 is 0. The smallest absolute Gasteiger partial charge is 0.119 e. The zero-order chi connectivity index (χ0) is 13.5. The molecule has 1 unspecified atom stereocenters. The third-order valence-corrected chi connectivity index (χ3v) is 3.05. The molecule has 0 saturated carbocycles. The Hall–Kier alpha value is -1.87. The van der Waals surface area contributed by atoms with E-state index in [2.05, 4.69) is 11.9 Å². The van der Waals surface area contributed by atoms with Gasteiger partial charge in [0.05, 0.1) is 12.6 Å². The van der Waals surface area contributed by atoms with Crippen molar-refractivity contribution in [2.24, 2.45) is 5.73 Å². The van der Waals surface area contributed by atoms with Gasteiger partial charge in [0.2, 0.25) is 0 Å². The first-order valence-corrected chi connectivity index (χ1v) is 6.69. The minimum atomic E-state index is -0.140. The van der Waals surface area contributed by atoms with Crippen LogP contribution < -0.4 is 10.5 Å². The highest BCUT2D eigenvalue weighted by Gasteiger charge is 2.08. The van der Waals surface area contributed by atoms with Crippen LogP contribution in [0.5, 0.6) is 5.75 Å². The molecule has 2 rings (SSSR count). The molecule has 0 amide bonds. The van der Waals surface area contributed by atoms with Crippen LogP contribution in [-0.2, 0) is 0 Å². The molecule has 0 fully saturated rings. The highest BCUT2D eigenvalue weighted by Crippen LogP contribution is 2.21. The van der Waals surface area contributed by atoms with Gasteiger partial charge in [-0.05, 0) is 35.7 Å². The van der Waals surface area contributed by atoms with E-state index in [4.69, 9.17) is 10.5 Å². The van der Waals surface area contributed by atoms with Gasteiger partial charge in [-0.1, -0.05) is 31.5 Å². The SMILES string of the molecule is CCCCOc1ccc(C(N)c2cccnc2)cc1. The van der Waals surface area contributed by atoms with E-state index >= 15 is 0 Å². The van der Waals surface area contributed by atoms with Crippen molar-refractivity contribution in [3.63, 3.8) is 0 Å². The topological polar surface area (TPSA) is 48.1 Å². The predicted octanol–water partition coefficient (Wildman–Crippen LogP) is 3.31. The van der Waals surface area contributed by atoms with Gasteiger partial charge in [0.15, 0.2) is 0 Å². The van der Waals surface area contributed by atoms with Crippen LogP contribution >= 0.6 is 0 Å². The maximum absolute atomic E-state index is 6.21. The van der Waals surface area contributed by atoms with Crippen molar-refractivity contribution in [3.05, 3.63) is 59.9 Å². The van der Waals surface area contributed by atoms with Gasteiger partial charge in [0.1, 0.15) is 5.75 Å².